The van der Waals surface area contributed by atoms with E-state index in [4.69, 9.17) is 0 Å². The zero-order chi connectivity index (χ0) is 22.0. The summed E-state index contributed by atoms with van der Waals surface area (Å²) in [6, 6.07) is 4.42. The number of fused-ring (bicyclic) bond motifs is 2. The van der Waals surface area contributed by atoms with Gasteiger partial charge in [0, 0.05) is 46.4 Å². The Bertz CT molecular complexity index is 1550. The van der Waals surface area contributed by atoms with Gasteiger partial charge < -0.3 is 14.7 Å². The normalized spacial score (nSPS) is 13.8. The van der Waals surface area contributed by atoms with Gasteiger partial charge in [-0.05, 0) is 49.9 Å². The second-order valence-electron chi connectivity index (χ2n) is 8.01. The van der Waals surface area contributed by atoms with Gasteiger partial charge in [0.15, 0.2) is 0 Å². The van der Waals surface area contributed by atoms with E-state index in [0.29, 0.717) is 38.8 Å². The van der Waals surface area contributed by atoms with E-state index in [2.05, 4.69) is 9.97 Å². The number of carboxylic acid groups (broad SMARTS) is 1. The summed E-state index contributed by atoms with van der Waals surface area (Å²) in [5.41, 5.74) is 1.69. The van der Waals surface area contributed by atoms with Crippen molar-refractivity contribution < 1.29 is 14.3 Å². The van der Waals surface area contributed by atoms with Crippen LogP contribution in [0.3, 0.4) is 0 Å². The fourth-order valence-corrected chi connectivity index (χ4v) is 4.26. The van der Waals surface area contributed by atoms with Gasteiger partial charge in [0.1, 0.15) is 17.0 Å². The lowest BCUT2D eigenvalue weighted by atomic mass is 9.96. The van der Waals surface area contributed by atoms with E-state index in [1.165, 1.54) is 18.5 Å². The van der Waals surface area contributed by atoms with E-state index >= 15 is 4.39 Å². The number of H-pyrrole nitrogens is 1. The molecule has 1 fully saturated rings. The number of hydrogen-bond acceptors (Lipinski definition) is 4. The summed E-state index contributed by atoms with van der Waals surface area (Å²) in [7, 11) is 0. The Balaban J connectivity index is 1.85. The molecular weight excluding hydrogens is 401 g/mol. The summed E-state index contributed by atoms with van der Waals surface area (Å²) < 4.78 is 17.1. The predicted octanol–water partition coefficient (Wildman–Crippen LogP) is 3.69. The molecule has 1 aliphatic carbocycles. The minimum atomic E-state index is -1.33. The zero-order valence-electron chi connectivity index (χ0n) is 16.8. The summed E-state index contributed by atoms with van der Waals surface area (Å²) in [4.78, 5) is 43.0. The van der Waals surface area contributed by atoms with Crippen molar-refractivity contribution in [3.05, 3.63) is 73.7 Å². The molecule has 2 N–H and O–H groups in total. The van der Waals surface area contributed by atoms with Crippen molar-refractivity contribution in [1.29, 1.82) is 0 Å². The van der Waals surface area contributed by atoms with Crippen LogP contribution in [0.25, 0.3) is 33.1 Å². The molecule has 3 heterocycles. The van der Waals surface area contributed by atoms with Crippen LogP contribution in [0.15, 0.2) is 40.2 Å². The molecule has 0 aliphatic heterocycles. The van der Waals surface area contributed by atoms with Gasteiger partial charge >= 0.3 is 5.97 Å². The smallest absolute Gasteiger partial charge is 0.341 e. The number of pyridine rings is 3. The molecule has 0 radical (unpaired) electrons. The number of hydrogen-bond donors (Lipinski definition) is 2. The van der Waals surface area contributed by atoms with E-state index in [1.54, 1.807) is 24.5 Å². The number of nitrogens with zero attached hydrogens (tertiary/aromatic N) is 2. The van der Waals surface area contributed by atoms with E-state index < -0.39 is 17.2 Å². The van der Waals surface area contributed by atoms with Gasteiger partial charge in [0.2, 0.25) is 11.0 Å². The van der Waals surface area contributed by atoms with Gasteiger partial charge in [-0.3, -0.25) is 9.59 Å². The number of aromatic amines is 1. The van der Waals surface area contributed by atoms with Crippen molar-refractivity contribution in [3.8, 4) is 11.1 Å². The average Bonchev–Trinajstić information content (AvgIpc) is 3.54. The largest absolute Gasteiger partial charge is 0.477 e. The summed E-state index contributed by atoms with van der Waals surface area (Å²) in [6.07, 6.45) is 4.59. The molecule has 0 atom stereocenters. The molecule has 8 heteroatoms. The van der Waals surface area contributed by atoms with Crippen LogP contribution in [-0.2, 0) is 0 Å². The first-order valence-electron chi connectivity index (χ1n) is 9.87. The number of aryl methyl sites for hydroxylation is 2. The first-order chi connectivity index (χ1) is 14.8. The average molecular weight is 419 g/mol. The number of halogens is 1. The third kappa shape index (κ3) is 2.94. The first kappa shape index (κ1) is 19.2. The minimum absolute atomic E-state index is 0.0554. The number of rotatable bonds is 3. The second-order valence-corrected chi connectivity index (χ2v) is 8.01. The molecule has 31 heavy (non-hydrogen) atoms. The molecule has 1 saturated carbocycles. The van der Waals surface area contributed by atoms with Gasteiger partial charge in [-0.2, -0.15) is 0 Å². The third-order valence-corrected chi connectivity index (χ3v) is 5.87. The number of carbonyl (C=O) groups is 1. The zero-order valence-corrected chi connectivity index (χ0v) is 16.8. The minimum Gasteiger partial charge on any atom is -0.477 e. The van der Waals surface area contributed by atoms with Crippen LogP contribution in [0, 0.1) is 19.7 Å². The Labute approximate surface area is 174 Å². The highest BCUT2D eigenvalue weighted by Gasteiger charge is 2.29. The summed E-state index contributed by atoms with van der Waals surface area (Å²) in [5.74, 6) is -1.96. The van der Waals surface area contributed by atoms with Crippen molar-refractivity contribution in [2.45, 2.75) is 32.7 Å². The Kier molecular flexibility index (Phi) is 4.08. The van der Waals surface area contributed by atoms with Gasteiger partial charge in [-0.1, -0.05) is 0 Å². The number of aromatic carboxylic acids is 1. The van der Waals surface area contributed by atoms with Gasteiger partial charge in [-0.25, -0.2) is 14.2 Å². The van der Waals surface area contributed by atoms with Crippen LogP contribution in [0.5, 0.6) is 0 Å². The third-order valence-electron chi connectivity index (χ3n) is 5.87. The maximum Gasteiger partial charge on any atom is 0.341 e. The summed E-state index contributed by atoms with van der Waals surface area (Å²) >= 11 is 0. The molecule has 156 valence electrons. The highest BCUT2D eigenvalue weighted by atomic mass is 19.1. The lowest BCUT2D eigenvalue weighted by Gasteiger charge is -2.17. The maximum absolute atomic E-state index is 15.3. The van der Waals surface area contributed by atoms with Gasteiger partial charge in [0.05, 0.1) is 5.52 Å². The Morgan fingerprint density at radius 2 is 1.94 bits per heavy atom. The topological polar surface area (TPSA) is 105 Å². The Hall–Kier alpha value is -3.81. The molecule has 5 rings (SSSR count). The Morgan fingerprint density at radius 1 is 1.19 bits per heavy atom. The van der Waals surface area contributed by atoms with Crippen LogP contribution in [0.2, 0.25) is 0 Å². The van der Waals surface area contributed by atoms with Crippen molar-refractivity contribution in [2.24, 2.45) is 0 Å². The molecular formula is C23H18FN3O4. The van der Waals surface area contributed by atoms with Crippen molar-refractivity contribution in [2.75, 3.05) is 0 Å². The Morgan fingerprint density at radius 3 is 2.61 bits per heavy atom. The molecule has 1 aliphatic rings. The van der Waals surface area contributed by atoms with E-state index in [9.17, 15) is 19.5 Å². The number of carboxylic acids is 1. The quantitative estimate of drug-likeness (QED) is 0.527. The van der Waals surface area contributed by atoms with Crippen LogP contribution >= 0.6 is 0 Å². The number of nitrogens with one attached hydrogen (secondary N) is 1. The van der Waals surface area contributed by atoms with Crippen molar-refractivity contribution in [3.63, 3.8) is 0 Å². The first-order valence-corrected chi connectivity index (χ1v) is 9.87. The lowest BCUT2D eigenvalue weighted by Crippen LogP contribution is -2.19. The predicted molar refractivity (Wildman–Crippen MR) is 114 cm³/mol. The van der Waals surface area contributed by atoms with Crippen LogP contribution in [0.4, 0.5) is 4.39 Å². The molecule has 0 saturated heterocycles. The molecule has 0 bridgehead atoms. The monoisotopic (exact) mass is 419 g/mol. The second kappa shape index (κ2) is 6.60. The summed E-state index contributed by atoms with van der Waals surface area (Å²) in [6.45, 7) is 3.51. The van der Waals surface area contributed by atoms with E-state index in [1.807, 2.05) is 0 Å². The SMILES string of the molecule is Cc1cc(=O)[nH]c2ncc(-c3c(F)cc4c(=O)c(C(=O)O)cn(C5CC5)c4c3C)cc12. The molecule has 7 nitrogen and oxygen atoms in total. The molecule has 1 aromatic carbocycles. The van der Waals surface area contributed by atoms with Crippen LogP contribution < -0.4 is 11.0 Å². The summed E-state index contributed by atoms with van der Waals surface area (Å²) in [5, 5.41) is 10.2. The molecule has 0 spiro atoms. The molecule has 3 aromatic heterocycles. The van der Waals surface area contributed by atoms with E-state index in [0.717, 1.165) is 18.9 Å². The standard InChI is InChI=1S/C23H18FN3O4/c1-10-5-18(28)26-22-14(10)6-12(8-25-22)19-11(2)20-15(7-17(19)24)21(29)16(23(30)31)9-27(20)13-3-4-13/h5-9,13H,3-4H2,1-2H3,(H,30,31)(H,25,26,28). The molecule has 0 amide bonds. The highest BCUT2D eigenvalue weighted by molar-refractivity contribution is 5.96. The number of aromatic nitrogens is 3. The fraction of sp³-hybridized carbons (Fsp3) is 0.217. The van der Waals surface area contributed by atoms with Crippen molar-refractivity contribution in [1.82, 2.24) is 14.5 Å². The maximum atomic E-state index is 15.3. The molecule has 0 unspecified atom stereocenters. The van der Waals surface area contributed by atoms with Crippen molar-refractivity contribution >= 4 is 27.9 Å². The van der Waals surface area contributed by atoms with Crippen LogP contribution in [-0.4, -0.2) is 25.6 Å². The molecule has 4 aromatic rings. The highest BCUT2D eigenvalue weighted by Crippen LogP contribution is 2.40. The van der Waals surface area contributed by atoms with E-state index in [-0.39, 0.29) is 22.6 Å². The van der Waals surface area contributed by atoms with Crippen LogP contribution in [0.1, 0.15) is 40.4 Å². The van der Waals surface area contributed by atoms with Gasteiger partial charge in [0.25, 0.3) is 0 Å². The fourth-order valence-electron chi connectivity index (χ4n) is 4.26. The van der Waals surface area contributed by atoms with Gasteiger partial charge in [-0.15, -0.1) is 0 Å². The lowest BCUT2D eigenvalue weighted by molar-refractivity contribution is 0.0695. The number of benzene rings is 1.